The van der Waals surface area contributed by atoms with Crippen molar-refractivity contribution >= 4 is 33.4 Å². The number of carbonyl (C=O) groups is 2. The first kappa shape index (κ1) is 18.5. The van der Waals surface area contributed by atoms with Crippen LogP contribution in [0.25, 0.3) is 0 Å². The Labute approximate surface area is 161 Å². The monoisotopic (exact) mass is 416 g/mol. The smallest absolute Gasteiger partial charge is 0.258 e. The zero-order valence-corrected chi connectivity index (χ0v) is 16.2. The largest absolute Gasteiger partial charge is 0.484 e. The summed E-state index contributed by atoms with van der Waals surface area (Å²) in [7, 11) is 0. The summed E-state index contributed by atoms with van der Waals surface area (Å²) < 4.78 is 6.51. The Hall–Kier alpha value is -2.34. The van der Waals surface area contributed by atoms with Crippen LogP contribution in [-0.2, 0) is 9.59 Å². The quantitative estimate of drug-likeness (QED) is 0.777. The van der Waals surface area contributed by atoms with Crippen LogP contribution in [0.2, 0.25) is 0 Å². The van der Waals surface area contributed by atoms with Crippen molar-refractivity contribution in [3.63, 3.8) is 0 Å². The lowest BCUT2D eigenvalue weighted by Gasteiger charge is -2.17. The van der Waals surface area contributed by atoms with Crippen molar-refractivity contribution in [3.05, 3.63) is 58.6 Å². The van der Waals surface area contributed by atoms with Gasteiger partial charge in [-0.15, -0.1) is 0 Å². The van der Waals surface area contributed by atoms with Crippen molar-refractivity contribution in [2.24, 2.45) is 0 Å². The molecule has 1 unspecified atom stereocenters. The van der Waals surface area contributed by atoms with Gasteiger partial charge in [0, 0.05) is 23.1 Å². The molecule has 0 saturated carbocycles. The van der Waals surface area contributed by atoms with Crippen LogP contribution in [0.1, 0.15) is 31.4 Å². The molecular formula is C20H21BrN2O3. The molecule has 0 radical (unpaired) electrons. The van der Waals surface area contributed by atoms with Gasteiger partial charge in [-0.05, 0) is 49.2 Å². The summed E-state index contributed by atoms with van der Waals surface area (Å²) in [6.45, 7) is 2.63. The molecule has 3 rings (SSSR count). The van der Waals surface area contributed by atoms with Crippen LogP contribution < -0.4 is 15.0 Å². The highest BCUT2D eigenvalue weighted by molar-refractivity contribution is 9.10. The van der Waals surface area contributed by atoms with Crippen molar-refractivity contribution in [1.82, 2.24) is 5.32 Å². The van der Waals surface area contributed by atoms with Gasteiger partial charge in [0.2, 0.25) is 5.91 Å². The Morgan fingerprint density at radius 3 is 2.62 bits per heavy atom. The van der Waals surface area contributed by atoms with E-state index in [1.54, 1.807) is 17.0 Å². The SMILES string of the molecule is CC(NC(=O)COc1ccc(N2CCCC2=O)cc1)c1ccccc1Br. The minimum absolute atomic E-state index is 0.0587. The van der Waals surface area contributed by atoms with Crippen LogP contribution in [0.3, 0.4) is 0 Å². The Kier molecular flexibility index (Phi) is 5.93. The summed E-state index contributed by atoms with van der Waals surface area (Å²) in [5.41, 5.74) is 1.88. The summed E-state index contributed by atoms with van der Waals surface area (Å²) in [4.78, 5) is 25.7. The van der Waals surface area contributed by atoms with E-state index in [0.717, 1.165) is 28.7 Å². The lowest BCUT2D eigenvalue weighted by atomic mass is 10.1. The van der Waals surface area contributed by atoms with E-state index in [1.165, 1.54) is 0 Å². The minimum Gasteiger partial charge on any atom is -0.484 e. The first-order valence-electron chi connectivity index (χ1n) is 8.61. The highest BCUT2D eigenvalue weighted by Gasteiger charge is 2.21. The molecule has 2 aromatic rings. The first-order chi connectivity index (χ1) is 12.5. The summed E-state index contributed by atoms with van der Waals surface area (Å²) in [5, 5.41) is 2.92. The number of halogens is 1. The maximum atomic E-state index is 12.1. The van der Waals surface area contributed by atoms with E-state index < -0.39 is 0 Å². The number of amides is 2. The molecular weight excluding hydrogens is 396 g/mol. The van der Waals surface area contributed by atoms with E-state index in [2.05, 4.69) is 21.2 Å². The van der Waals surface area contributed by atoms with Crippen molar-refractivity contribution in [2.75, 3.05) is 18.1 Å². The number of hydrogen-bond donors (Lipinski definition) is 1. The maximum Gasteiger partial charge on any atom is 0.258 e. The van der Waals surface area contributed by atoms with E-state index >= 15 is 0 Å². The fourth-order valence-electron chi connectivity index (χ4n) is 2.98. The van der Waals surface area contributed by atoms with E-state index in [-0.39, 0.29) is 24.5 Å². The van der Waals surface area contributed by atoms with Crippen LogP contribution in [-0.4, -0.2) is 25.0 Å². The number of anilines is 1. The Morgan fingerprint density at radius 1 is 1.23 bits per heavy atom. The van der Waals surface area contributed by atoms with E-state index in [1.807, 2.05) is 43.3 Å². The molecule has 2 amide bonds. The summed E-state index contributed by atoms with van der Waals surface area (Å²) in [6.07, 6.45) is 1.50. The van der Waals surface area contributed by atoms with Gasteiger partial charge >= 0.3 is 0 Å². The molecule has 0 aromatic heterocycles. The van der Waals surface area contributed by atoms with Gasteiger partial charge in [-0.2, -0.15) is 0 Å². The predicted octanol–water partition coefficient (Wildman–Crippen LogP) is 3.83. The maximum absolute atomic E-state index is 12.1. The lowest BCUT2D eigenvalue weighted by Crippen LogP contribution is -2.31. The van der Waals surface area contributed by atoms with Crippen LogP contribution >= 0.6 is 15.9 Å². The Morgan fingerprint density at radius 2 is 1.96 bits per heavy atom. The summed E-state index contributed by atoms with van der Waals surface area (Å²) in [6, 6.07) is 14.9. The zero-order chi connectivity index (χ0) is 18.5. The minimum atomic E-state index is -0.188. The summed E-state index contributed by atoms with van der Waals surface area (Å²) >= 11 is 3.49. The van der Waals surface area contributed by atoms with Crippen molar-refractivity contribution in [3.8, 4) is 5.75 Å². The fourth-order valence-corrected chi connectivity index (χ4v) is 3.61. The van der Waals surface area contributed by atoms with Crippen molar-refractivity contribution in [1.29, 1.82) is 0 Å². The molecule has 5 nitrogen and oxygen atoms in total. The molecule has 26 heavy (non-hydrogen) atoms. The molecule has 0 aliphatic carbocycles. The van der Waals surface area contributed by atoms with Crippen LogP contribution in [0, 0.1) is 0 Å². The van der Waals surface area contributed by atoms with Crippen molar-refractivity contribution in [2.45, 2.75) is 25.8 Å². The van der Waals surface area contributed by atoms with E-state index in [4.69, 9.17) is 4.74 Å². The van der Waals surface area contributed by atoms with Crippen molar-refractivity contribution < 1.29 is 14.3 Å². The molecule has 1 N–H and O–H groups in total. The average Bonchev–Trinajstić information content (AvgIpc) is 3.06. The number of rotatable bonds is 6. The highest BCUT2D eigenvalue weighted by atomic mass is 79.9. The normalized spacial score (nSPS) is 15.0. The summed E-state index contributed by atoms with van der Waals surface area (Å²) in [5.74, 6) is 0.565. The van der Waals surface area contributed by atoms with Gasteiger partial charge in [-0.3, -0.25) is 9.59 Å². The lowest BCUT2D eigenvalue weighted by molar-refractivity contribution is -0.123. The third kappa shape index (κ3) is 4.43. The standard InChI is InChI=1S/C20H21BrN2O3/c1-14(17-5-2-3-6-18(17)21)22-19(24)13-26-16-10-8-15(9-11-16)23-12-4-7-20(23)25/h2-3,5-6,8-11,14H,4,7,12-13H2,1H3,(H,22,24). The second-order valence-corrected chi connectivity index (χ2v) is 7.10. The van der Waals surface area contributed by atoms with E-state index in [0.29, 0.717) is 12.2 Å². The molecule has 2 aromatic carbocycles. The Bertz CT molecular complexity index is 792. The van der Waals surface area contributed by atoms with Gasteiger partial charge in [-0.1, -0.05) is 34.1 Å². The third-order valence-corrected chi connectivity index (χ3v) is 5.06. The van der Waals surface area contributed by atoms with Crippen LogP contribution in [0.4, 0.5) is 5.69 Å². The molecule has 6 heteroatoms. The molecule has 136 valence electrons. The average molecular weight is 417 g/mol. The molecule has 1 heterocycles. The number of benzene rings is 2. The van der Waals surface area contributed by atoms with Gasteiger partial charge in [-0.25, -0.2) is 0 Å². The van der Waals surface area contributed by atoms with Crippen LogP contribution in [0.5, 0.6) is 5.75 Å². The second kappa shape index (κ2) is 8.36. The van der Waals surface area contributed by atoms with Gasteiger partial charge in [0.1, 0.15) is 5.75 Å². The Balaban J connectivity index is 1.51. The van der Waals surface area contributed by atoms with Gasteiger partial charge in [0.25, 0.3) is 5.91 Å². The first-order valence-corrected chi connectivity index (χ1v) is 9.41. The van der Waals surface area contributed by atoms with Gasteiger partial charge in [0.15, 0.2) is 6.61 Å². The van der Waals surface area contributed by atoms with E-state index in [9.17, 15) is 9.59 Å². The van der Waals surface area contributed by atoms with Gasteiger partial charge in [0.05, 0.1) is 6.04 Å². The predicted molar refractivity (Wildman–Crippen MR) is 104 cm³/mol. The fraction of sp³-hybridized carbons (Fsp3) is 0.300. The molecule has 1 aliphatic rings. The third-order valence-electron chi connectivity index (χ3n) is 4.34. The molecule has 0 spiro atoms. The highest BCUT2D eigenvalue weighted by Crippen LogP contribution is 2.24. The second-order valence-electron chi connectivity index (χ2n) is 6.24. The molecule has 1 saturated heterocycles. The molecule has 1 fully saturated rings. The van der Waals surface area contributed by atoms with Crippen LogP contribution in [0.15, 0.2) is 53.0 Å². The topological polar surface area (TPSA) is 58.6 Å². The number of nitrogens with one attached hydrogen (secondary N) is 1. The number of hydrogen-bond acceptors (Lipinski definition) is 3. The molecule has 1 atom stereocenters. The molecule has 0 bridgehead atoms. The zero-order valence-electron chi connectivity index (χ0n) is 14.6. The number of carbonyl (C=O) groups excluding carboxylic acids is 2. The number of nitrogens with zero attached hydrogens (tertiary/aromatic N) is 1. The molecule has 1 aliphatic heterocycles. The van der Waals surface area contributed by atoms with Gasteiger partial charge < -0.3 is 15.0 Å². The number of ether oxygens (including phenoxy) is 1.